The second kappa shape index (κ2) is 6.78. The normalized spacial score (nSPS) is 14.6. The fraction of sp³-hybridized carbons (Fsp3) is 0.350. The fourth-order valence-electron chi connectivity index (χ4n) is 3.10. The first-order chi connectivity index (χ1) is 10.4. The summed E-state index contributed by atoms with van der Waals surface area (Å²) in [5.74, 6) is 0. The van der Waals surface area contributed by atoms with Crippen LogP contribution in [0.2, 0.25) is 0 Å². The zero-order chi connectivity index (χ0) is 16.3. The van der Waals surface area contributed by atoms with Crippen LogP contribution in [0, 0.1) is 20.8 Å². The summed E-state index contributed by atoms with van der Waals surface area (Å²) in [5.41, 5.74) is 9.70. The van der Waals surface area contributed by atoms with Crippen molar-refractivity contribution in [1.29, 1.82) is 0 Å². The molecule has 1 aromatic carbocycles. The van der Waals surface area contributed by atoms with Crippen LogP contribution in [0.25, 0.3) is 0 Å². The molecule has 0 heterocycles. The van der Waals surface area contributed by atoms with E-state index >= 15 is 0 Å². The lowest BCUT2D eigenvalue weighted by atomic mass is 9.96. The van der Waals surface area contributed by atoms with E-state index in [4.69, 9.17) is 4.99 Å². The number of nitrogens with one attached hydrogen (secondary N) is 1. The van der Waals surface area contributed by atoms with Crippen molar-refractivity contribution in [2.24, 2.45) is 4.99 Å². The molecule has 1 N–H and O–H groups in total. The summed E-state index contributed by atoms with van der Waals surface area (Å²) >= 11 is 0. The summed E-state index contributed by atoms with van der Waals surface area (Å²) in [6.45, 7) is 16.2. The molecule has 116 valence electrons. The first-order valence-corrected chi connectivity index (χ1v) is 7.81. The van der Waals surface area contributed by atoms with Gasteiger partial charge in [-0.25, -0.2) is 0 Å². The average Bonchev–Trinajstić information content (AvgIpc) is 2.38. The maximum Gasteiger partial charge on any atom is 0.0633 e. The highest BCUT2D eigenvalue weighted by atomic mass is 14.9. The molecule has 22 heavy (non-hydrogen) atoms. The first-order valence-electron chi connectivity index (χ1n) is 7.81. The Labute approximate surface area is 134 Å². The smallest absolute Gasteiger partial charge is 0.0633 e. The summed E-state index contributed by atoms with van der Waals surface area (Å²) in [6.07, 6.45) is 4.18. The van der Waals surface area contributed by atoms with Crippen LogP contribution in [0.3, 0.4) is 0 Å². The number of nitrogens with zero attached hydrogens (tertiary/aromatic N) is 1. The molecule has 1 aromatic rings. The van der Waals surface area contributed by atoms with Crippen LogP contribution in [-0.4, -0.2) is 18.8 Å². The largest absolute Gasteiger partial charge is 0.383 e. The number of anilines is 1. The molecule has 2 heteroatoms. The van der Waals surface area contributed by atoms with Gasteiger partial charge in [-0.15, -0.1) is 0 Å². The lowest BCUT2D eigenvalue weighted by Crippen LogP contribution is -2.12. The van der Waals surface area contributed by atoms with Crippen LogP contribution in [-0.2, 0) is 0 Å². The van der Waals surface area contributed by atoms with Gasteiger partial charge in [0.1, 0.15) is 0 Å². The van der Waals surface area contributed by atoms with Gasteiger partial charge < -0.3 is 5.32 Å². The van der Waals surface area contributed by atoms with Crippen LogP contribution >= 0.6 is 0 Å². The van der Waals surface area contributed by atoms with Gasteiger partial charge in [0, 0.05) is 12.2 Å². The van der Waals surface area contributed by atoms with E-state index in [0.717, 1.165) is 24.4 Å². The quantitative estimate of drug-likeness (QED) is 0.783. The van der Waals surface area contributed by atoms with Crippen LogP contribution in [0.4, 0.5) is 5.69 Å². The van der Waals surface area contributed by atoms with Gasteiger partial charge in [-0.05, 0) is 62.5 Å². The third kappa shape index (κ3) is 3.76. The maximum atomic E-state index is 4.75. The third-order valence-electron chi connectivity index (χ3n) is 3.91. The zero-order valence-corrected chi connectivity index (χ0v) is 14.4. The van der Waals surface area contributed by atoms with Crippen molar-refractivity contribution < 1.29 is 0 Å². The molecule has 0 bridgehead atoms. The highest BCUT2D eigenvalue weighted by molar-refractivity contribution is 6.13. The molecule has 2 nitrogen and oxygen atoms in total. The standard InChI is InChI=1S/C20H26N2/c1-13-9-15(3)19(16(4)10-13)21-7-8-22-20-17(5)11-14(2)12-18(20)6/h9-12,22H,1,7-8H2,2-6H3. The van der Waals surface area contributed by atoms with E-state index in [0.29, 0.717) is 0 Å². The minimum atomic E-state index is 0.769. The second-order valence-corrected chi connectivity index (χ2v) is 6.16. The van der Waals surface area contributed by atoms with Gasteiger partial charge in [0.05, 0.1) is 12.3 Å². The molecule has 0 aliphatic heterocycles. The number of benzene rings is 1. The van der Waals surface area contributed by atoms with Crippen molar-refractivity contribution in [3.05, 3.63) is 64.3 Å². The van der Waals surface area contributed by atoms with E-state index in [2.05, 4.69) is 70.8 Å². The molecule has 0 spiro atoms. The minimum absolute atomic E-state index is 0.769. The van der Waals surface area contributed by atoms with Crippen LogP contribution < -0.4 is 5.32 Å². The monoisotopic (exact) mass is 294 g/mol. The van der Waals surface area contributed by atoms with E-state index in [-0.39, 0.29) is 0 Å². The number of allylic oxidation sites excluding steroid dienone is 5. The van der Waals surface area contributed by atoms with Crippen LogP contribution in [0.5, 0.6) is 0 Å². The van der Waals surface area contributed by atoms with E-state index in [1.165, 1.54) is 33.5 Å². The van der Waals surface area contributed by atoms with E-state index < -0.39 is 0 Å². The van der Waals surface area contributed by atoms with Crippen molar-refractivity contribution in [1.82, 2.24) is 0 Å². The lowest BCUT2D eigenvalue weighted by Gasteiger charge is -2.15. The lowest BCUT2D eigenvalue weighted by molar-refractivity contribution is 1.01. The molecule has 1 aliphatic carbocycles. The van der Waals surface area contributed by atoms with Crippen molar-refractivity contribution in [2.75, 3.05) is 18.4 Å². The van der Waals surface area contributed by atoms with Crippen molar-refractivity contribution >= 4 is 11.4 Å². The zero-order valence-electron chi connectivity index (χ0n) is 14.4. The average molecular weight is 294 g/mol. The minimum Gasteiger partial charge on any atom is -0.383 e. The summed E-state index contributed by atoms with van der Waals surface area (Å²) < 4.78 is 0. The number of aliphatic imine (C=N–C) groups is 1. The number of hydrogen-bond acceptors (Lipinski definition) is 2. The van der Waals surface area contributed by atoms with Gasteiger partial charge in [0.25, 0.3) is 0 Å². The van der Waals surface area contributed by atoms with Crippen molar-refractivity contribution in [3.63, 3.8) is 0 Å². The van der Waals surface area contributed by atoms with Gasteiger partial charge in [-0.1, -0.05) is 36.4 Å². The Morgan fingerprint density at radius 3 is 2.05 bits per heavy atom. The Bertz CT molecular complexity index is 641. The molecule has 1 aliphatic rings. The van der Waals surface area contributed by atoms with E-state index in [9.17, 15) is 0 Å². The molecule has 0 saturated carbocycles. The fourth-order valence-corrected chi connectivity index (χ4v) is 3.10. The number of aryl methyl sites for hydroxylation is 3. The maximum absolute atomic E-state index is 4.75. The summed E-state index contributed by atoms with van der Waals surface area (Å²) in [6, 6.07) is 4.43. The molecule has 0 fully saturated rings. The Balaban J connectivity index is 2.01. The summed E-state index contributed by atoms with van der Waals surface area (Å²) in [7, 11) is 0. The molecule has 0 amide bonds. The molecule has 0 saturated heterocycles. The Kier molecular flexibility index (Phi) is 5.02. The summed E-state index contributed by atoms with van der Waals surface area (Å²) in [5, 5.41) is 3.52. The number of hydrogen-bond donors (Lipinski definition) is 1. The predicted octanol–water partition coefficient (Wildman–Crippen LogP) is 4.93. The molecule has 0 atom stereocenters. The Hall–Kier alpha value is -2.09. The number of rotatable bonds is 4. The van der Waals surface area contributed by atoms with E-state index in [1.807, 2.05) is 0 Å². The Morgan fingerprint density at radius 2 is 1.50 bits per heavy atom. The topological polar surface area (TPSA) is 24.4 Å². The predicted molar refractivity (Wildman–Crippen MR) is 98.1 cm³/mol. The molecule has 0 aromatic heterocycles. The van der Waals surface area contributed by atoms with Crippen LogP contribution in [0.1, 0.15) is 30.5 Å². The van der Waals surface area contributed by atoms with Gasteiger partial charge >= 0.3 is 0 Å². The molecular weight excluding hydrogens is 268 g/mol. The SMILES string of the molecule is C=C1C=C(C)C(=NCCNc2c(C)cc(C)cc2C)C(C)=C1. The summed E-state index contributed by atoms with van der Waals surface area (Å²) in [4.78, 5) is 4.75. The third-order valence-corrected chi connectivity index (χ3v) is 3.91. The first kappa shape index (κ1) is 16.3. The second-order valence-electron chi connectivity index (χ2n) is 6.16. The molecular formula is C20H26N2. The highest BCUT2D eigenvalue weighted by Crippen LogP contribution is 2.22. The van der Waals surface area contributed by atoms with E-state index in [1.54, 1.807) is 0 Å². The van der Waals surface area contributed by atoms with Crippen LogP contribution in [0.15, 0.2) is 52.6 Å². The molecule has 2 rings (SSSR count). The van der Waals surface area contributed by atoms with Crippen molar-refractivity contribution in [2.45, 2.75) is 34.6 Å². The molecule has 0 radical (unpaired) electrons. The van der Waals surface area contributed by atoms with Gasteiger partial charge in [-0.2, -0.15) is 0 Å². The highest BCUT2D eigenvalue weighted by Gasteiger charge is 2.10. The Morgan fingerprint density at radius 1 is 0.955 bits per heavy atom. The molecule has 0 unspecified atom stereocenters. The van der Waals surface area contributed by atoms with Gasteiger partial charge in [0.15, 0.2) is 0 Å². The van der Waals surface area contributed by atoms with Gasteiger partial charge in [0.2, 0.25) is 0 Å². The van der Waals surface area contributed by atoms with Gasteiger partial charge in [-0.3, -0.25) is 4.99 Å². The van der Waals surface area contributed by atoms with Crippen molar-refractivity contribution in [3.8, 4) is 0 Å².